The summed E-state index contributed by atoms with van der Waals surface area (Å²) in [7, 11) is 0. The highest BCUT2D eigenvalue weighted by molar-refractivity contribution is 5.83. The van der Waals surface area contributed by atoms with Crippen molar-refractivity contribution < 1.29 is 24.9 Å². The molecule has 0 spiro atoms. The maximum atomic E-state index is 12.3. The molecule has 2 aliphatic rings. The minimum atomic E-state index is -1.10. The fourth-order valence-electron chi connectivity index (χ4n) is 2.82. The second-order valence-electron chi connectivity index (χ2n) is 5.70. The van der Waals surface area contributed by atoms with E-state index in [9.17, 15) is 19.8 Å². The molecule has 0 aliphatic carbocycles. The molecule has 0 radical (unpaired) electrons. The molecule has 19 heavy (non-hydrogen) atoms. The maximum Gasteiger partial charge on any atom is 0.326 e. The summed E-state index contributed by atoms with van der Waals surface area (Å²) in [5.74, 6) is -1.10. The Bertz CT molecular complexity index is 384. The molecule has 3 N–H and O–H groups in total. The first-order valence-corrected chi connectivity index (χ1v) is 6.49. The number of nitrogens with zero attached hydrogens (tertiary/aromatic N) is 2. The molecule has 0 aromatic rings. The number of amides is 2. The van der Waals surface area contributed by atoms with Crippen LogP contribution in [-0.2, 0) is 4.79 Å². The van der Waals surface area contributed by atoms with Gasteiger partial charge in [-0.15, -0.1) is 0 Å². The Morgan fingerprint density at radius 1 is 1.37 bits per heavy atom. The molecule has 7 heteroatoms. The highest BCUT2D eigenvalue weighted by Gasteiger charge is 2.42. The number of aliphatic hydroxyl groups excluding tert-OH is 1. The maximum absolute atomic E-state index is 12.3. The van der Waals surface area contributed by atoms with Crippen LogP contribution in [0.25, 0.3) is 0 Å². The molecule has 2 heterocycles. The molecular formula is C12H20N2O5. The van der Waals surface area contributed by atoms with E-state index in [1.807, 2.05) is 0 Å². The minimum Gasteiger partial charge on any atom is -0.480 e. The highest BCUT2D eigenvalue weighted by Crippen LogP contribution is 2.25. The fraction of sp³-hybridized carbons (Fsp3) is 0.833. The first kappa shape index (κ1) is 14.1. The Morgan fingerprint density at radius 3 is 2.63 bits per heavy atom. The summed E-state index contributed by atoms with van der Waals surface area (Å²) < 4.78 is 0. The monoisotopic (exact) mass is 272 g/mol. The summed E-state index contributed by atoms with van der Waals surface area (Å²) in [6.45, 7) is 2.41. The highest BCUT2D eigenvalue weighted by atomic mass is 16.4. The first-order chi connectivity index (χ1) is 8.80. The van der Waals surface area contributed by atoms with Crippen molar-refractivity contribution in [3.05, 3.63) is 0 Å². The van der Waals surface area contributed by atoms with E-state index in [1.54, 1.807) is 6.92 Å². The molecule has 0 aromatic heterocycles. The molecule has 3 unspecified atom stereocenters. The second-order valence-corrected chi connectivity index (χ2v) is 5.70. The summed E-state index contributed by atoms with van der Waals surface area (Å²) in [4.78, 5) is 26.1. The normalized spacial score (nSPS) is 35.5. The van der Waals surface area contributed by atoms with Crippen LogP contribution in [0.3, 0.4) is 0 Å². The van der Waals surface area contributed by atoms with Crippen molar-refractivity contribution in [3.63, 3.8) is 0 Å². The Morgan fingerprint density at radius 2 is 2.05 bits per heavy atom. The van der Waals surface area contributed by atoms with Crippen LogP contribution in [0.1, 0.15) is 26.2 Å². The van der Waals surface area contributed by atoms with Gasteiger partial charge in [0.2, 0.25) is 0 Å². The van der Waals surface area contributed by atoms with Gasteiger partial charge in [-0.3, -0.25) is 0 Å². The molecule has 0 saturated carbocycles. The largest absolute Gasteiger partial charge is 0.480 e. The van der Waals surface area contributed by atoms with Gasteiger partial charge in [0, 0.05) is 19.5 Å². The van der Waals surface area contributed by atoms with Gasteiger partial charge >= 0.3 is 12.0 Å². The van der Waals surface area contributed by atoms with Crippen molar-refractivity contribution in [2.24, 2.45) is 0 Å². The average molecular weight is 272 g/mol. The van der Waals surface area contributed by atoms with Gasteiger partial charge in [-0.2, -0.15) is 0 Å². The molecule has 0 bridgehead atoms. The number of β-amino-alcohol motifs (C(OH)–C–C–N with tert-alkyl or cyclic N) is 2. The van der Waals surface area contributed by atoms with Crippen molar-refractivity contribution in [1.82, 2.24) is 9.80 Å². The lowest BCUT2D eigenvalue weighted by atomic mass is 9.95. The first-order valence-electron chi connectivity index (χ1n) is 6.49. The summed E-state index contributed by atoms with van der Waals surface area (Å²) >= 11 is 0. The van der Waals surface area contributed by atoms with E-state index < -0.39 is 29.7 Å². The number of urea groups is 1. The molecule has 2 saturated heterocycles. The van der Waals surface area contributed by atoms with E-state index in [4.69, 9.17) is 5.11 Å². The molecule has 108 valence electrons. The lowest BCUT2D eigenvalue weighted by Gasteiger charge is -2.39. The van der Waals surface area contributed by atoms with Gasteiger partial charge in [0.1, 0.15) is 6.04 Å². The number of rotatable bonds is 1. The van der Waals surface area contributed by atoms with Crippen LogP contribution < -0.4 is 0 Å². The van der Waals surface area contributed by atoms with E-state index in [-0.39, 0.29) is 19.5 Å². The van der Waals surface area contributed by atoms with E-state index in [1.165, 1.54) is 9.80 Å². The summed E-state index contributed by atoms with van der Waals surface area (Å²) in [6.07, 6.45) is 0.579. The van der Waals surface area contributed by atoms with Gasteiger partial charge in [0.05, 0.1) is 18.2 Å². The third kappa shape index (κ3) is 2.98. The van der Waals surface area contributed by atoms with Crippen molar-refractivity contribution in [1.29, 1.82) is 0 Å². The van der Waals surface area contributed by atoms with Crippen LogP contribution in [0, 0.1) is 0 Å². The molecule has 2 fully saturated rings. The van der Waals surface area contributed by atoms with Crippen LogP contribution >= 0.6 is 0 Å². The second kappa shape index (κ2) is 4.97. The molecule has 2 rings (SSSR count). The van der Waals surface area contributed by atoms with Gasteiger partial charge < -0.3 is 25.1 Å². The number of piperidine rings is 1. The zero-order valence-electron chi connectivity index (χ0n) is 10.9. The summed E-state index contributed by atoms with van der Waals surface area (Å²) in [5.41, 5.74) is -0.926. The van der Waals surface area contributed by atoms with Gasteiger partial charge in [-0.05, 0) is 19.8 Å². The van der Waals surface area contributed by atoms with E-state index >= 15 is 0 Å². The zero-order valence-corrected chi connectivity index (χ0v) is 10.9. The van der Waals surface area contributed by atoms with Crippen molar-refractivity contribution in [2.45, 2.75) is 43.9 Å². The lowest BCUT2D eigenvalue weighted by molar-refractivity contribution is -0.141. The molecule has 0 aromatic carbocycles. The molecule has 3 atom stereocenters. The summed E-state index contributed by atoms with van der Waals surface area (Å²) in [5, 5.41) is 28.6. The van der Waals surface area contributed by atoms with Crippen LogP contribution in [0.2, 0.25) is 0 Å². The zero-order chi connectivity index (χ0) is 14.2. The third-order valence-corrected chi connectivity index (χ3v) is 3.76. The Hall–Kier alpha value is -1.34. The minimum absolute atomic E-state index is 0.0362. The van der Waals surface area contributed by atoms with Crippen molar-refractivity contribution in [2.75, 3.05) is 19.6 Å². The van der Waals surface area contributed by atoms with Gasteiger partial charge in [0.15, 0.2) is 0 Å². The van der Waals surface area contributed by atoms with Gasteiger partial charge in [-0.25, -0.2) is 9.59 Å². The lowest BCUT2D eigenvalue weighted by Crippen LogP contribution is -2.54. The van der Waals surface area contributed by atoms with Gasteiger partial charge in [-0.1, -0.05) is 0 Å². The van der Waals surface area contributed by atoms with Crippen LogP contribution in [0.5, 0.6) is 0 Å². The third-order valence-electron chi connectivity index (χ3n) is 3.76. The molecule has 2 aliphatic heterocycles. The smallest absolute Gasteiger partial charge is 0.326 e. The Balaban J connectivity index is 2.08. The predicted molar refractivity (Wildman–Crippen MR) is 65.6 cm³/mol. The van der Waals surface area contributed by atoms with Crippen molar-refractivity contribution in [3.8, 4) is 0 Å². The predicted octanol–water partition coefficient (Wildman–Crippen LogP) is -0.527. The number of carboxylic acids is 1. The van der Waals surface area contributed by atoms with Crippen LogP contribution in [0.15, 0.2) is 0 Å². The number of carbonyl (C=O) groups excluding carboxylic acids is 1. The van der Waals surface area contributed by atoms with Crippen LogP contribution in [-0.4, -0.2) is 74.5 Å². The fourth-order valence-corrected chi connectivity index (χ4v) is 2.82. The average Bonchev–Trinajstić information content (AvgIpc) is 2.69. The Labute approximate surface area is 111 Å². The number of hydrogen-bond donors (Lipinski definition) is 3. The SMILES string of the molecule is CC1(O)CCCN(C(=O)N2CC(O)CC2C(=O)O)C1. The van der Waals surface area contributed by atoms with E-state index in [0.29, 0.717) is 19.4 Å². The molecular weight excluding hydrogens is 252 g/mol. The number of carboxylic acid groups (broad SMARTS) is 1. The van der Waals surface area contributed by atoms with Crippen LogP contribution in [0.4, 0.5) is 4.79 Å². The number of likely N-dealkylation sites (tertiary alicyclic amines) is 2. The molecule has 7 nitrogen and oxygen atoms in total. The van der Waals surface area contributed by atoms with E-state index in [2.05, 4.69) is 0 Å². The standard InChI is InChI=1S/C12H20N2O5/c1-12(19)3-2-4-13(7-12)11(18)14-6-8(15)5-9(14)10(16)17/h8-9,15,19H,2-7H2,1H3,(H,16,17). The van der Waals surface area contributed by atoms with Crippen molar-refractivity contribution >= 4 is 12.0 Å². The number of hydrogen-bond acceptors (Lipinski definition) is 4. The van der Waals surface area contributed by atoms with E-state index in [0.717, 1.165) is 0 Å². The topological polar surface area (TPSA) is 101 Å². The Kier molecular flexibility index (Phi) is 3.69. The van der Waals surface area contributed by atoms with Gasteiger partial charge in [0.25, 0.3) is 0 Å². The molecule has 2 amide bonds. The summed E-state index contributed by atoms with van der Waals surface area (Å²) in [6, 6.07) is -1.39. The number of aliphatic carboxylic acids is 1. The quantitative estimate of drug-likeness (QED) is 0.596. The number of carbonyl (C=O) groups is 2. The number of aliphatic hydroxyl groups is 2.